The Morgan fingerprint density at radius 2 is 1.91 bits per heavy atom. The Hall–Kier alpha value is -1.43. The molecule has 1 amide bonds. The van der Waals surface area contributed by atoms with Crippen molar-refractivity contribution >= 4 is 5.91 Å². The lowest BCUT2D eigenvalue weighted by atomic mass is 9.82. The fourth-order valence-electron chi connectivity index (χ4n) is 3.51. The van der Waals surface area contributed by atoms with E-state index in [2.05, 4.69) is 59.8 Å². The van der Waals surface area contributed by atoms with Gasteiger partial charge in [0.2, 0.25) is 5.91 Å². The van der Waals surface area contributed by atoms with Crippen molar-refractivity contribution in [3.8, 4) is 0 Å². The zero-order valence-corrected chi connectivity index (χ0v) is 14.1. The predicted octanol–water partition coefficient (Wildman–Crippen LogP) is 1.62. The maximum absolute atomic E-state index is 12.3. The summed E-state index contributed by atoms with van der Waals surface area (Å²) in [6, 6.07) is 9.55. The Balaban J connectivity index is 1.42. The van der Waals surface area contributed by atoms with Crippen LogP contribution in [0.2, 0.25) is 0 Å². The van der Waals surface area contributed by atoms with E-state index in [0.717, 1.165) is 25.7 Å². The molecule has 4 N–H and O–H groups in total. The van der Waals surface area contributed by atoms with Crippen molar-refractivity contribution in [2.24, 2.45) is 5.92 Å². The van der Waals surface area contributed by atoms with Gasteiger partial charge < -0.3 is 5.32 Å². The molecule has 5 nitrogen and oxygen atoms in total. The number of carbonyl (C=O) groups is 1. The minimum Gasteiger partial charge on any atom is -0.356 e. The van der Waals surface area contributed by atoms with Gasteiger partial charge in [0.05, 0.1) is 0 Å². The van der Waals surface area contributed by atoms with E-state index in [0.29, 0.717) is 24.5 Å². The molecule has 1 aliphatic heterocycles. The molecule has 0 spiro atoms. The summed E-state index contributed by atoms with van der Waals surface area (Å²) in [5, 5.41) is 3.11. The van der Waals surface area contributed by atoms with E-state index in [1.165, 1.54) is 11.1 Å². The van der Waals surface area contributed by atoms with E-state index >= 15 is 0 Å². The number of rotatable bonds is 5. The molecule has 23 heavy (non-hydrogen) atoms. The van der Waals surface area contributed by atoms with E-state index in [-0.39, 0.29) is 11.8 Å². The molecule has 1 aromatic rings. The van der Waals surface area contributed by atoms with Crippen LogP contribution in [-0.4, -0.2) is 24.5 Å². The van der Waals surface area contributed by atoms with Gasteiger partial charge in [0.1, 0.15) is 0 Å². The minimum atomic E-state index is 0.133. The number of benzene rings is 1. The summed E-state index contributed by atoms with van der Waals surface area (Å²) in [5.74, 6) is 0.900. The van der Waals surface area contributed by atoms with Crippen LogP contribution in [0.3, 0.4) is 0 Å². The summed E-state index contributed by atoms with van der Waals surface area (Å²) in [6.45, 7) is 5.12. The van der Waals surface area contributed by atoms with E-state index in [1.54, 1.807) is 0 Å². The molecule has 126 valence electrons. The van der Waals surface area contributed by atoms with Crippen LogP contribution >= 0.6 is 0 Å². The van der Waals surface area contributed by atoms with Crippen molar-refractivity contribution in [3.05, 3.63) is 35.4 Å². The van der Waals surface area contributed by atoms with Crippen LogP contribution in [0.25, 0.3) is 0 Å². The number of hydrazine groups is 2. The monoisotopic (exact) mass is 316 g/mol. The van der Waals surface area contributed by atoms with Gasteiger partial charge >= 0.3 is 0 Å². The van der Waals surface area contributed by atoms with Crippen molar-refractivity contribution in [3.63, 3.8) is 0 Å². The molecule has 3 atom stereocenters. The highest BCUT2D eigenvalue weighted by Gasteiger charge is 2.36. The van der Waals surface area contributed by atoms with Gasteiger partial charge in [-0.25, -0.2) is 10.9 Å². The van der Waals surface area contributed by atoms with Gasteiger partial charge in [0, 0.05) is 24.5 Å². The quantitative estimate of drug-likeness (QED) is 0.666. The molecule has 5 heteroatoms. The van der Waals surface area contributed by atoms with Gasteiger partial charge in [-0.2, -0.15) is 5.53 Å². The third-order valence-corrected chi connectivity index (χ3v) is 5.10. The van der Waals surface area contributed by atoms with Gasteiger partial charge in [-0.15, -0.1) is 0 Å². The lowest BCUT2D eigenvalue weighted by Gasteiger charge is -2.29. The standard InChI is InChI=1S/C18H28N4O/c1-12(2)14-5-3-13(4-6-14)9-10-19-18(23)15-7-8-16-17(11-15)21-22-20-16/h3-6,12,15-17,20-22H,7-11H2,1-2H3,(H,19,23). The molecule has 2 fully saturated rings. The summed E-state index contributed by atoms with van der Waals surface area (Å²) >= 11 is 0. The zero-order valence-electron chi connectivity index (χ0n) is 14.1. The molecule has 1 saturated carbocycles. The number of fused-ring (bicyclic) bond motifs is 1. The maximum atomic E-state index is 12.3. The molecule has 0 aromatic heterocycles. The summed E-state index contributed by atoms with van der Waals surface area (Å²) in [5.41, 5.74) is 12.0. The van der Waals surface area contributed by atoms with Crippen LogP contribution < -0.4 is 21.7 Å². The van der Waals surface area contributed by atoms with Gasteiger partial charge in [0.25, 0.3) is 0 Å². The second-order valence-corrected chi connectivity index (χ2v) is 7.07. The second-order valence-electron chi connectivity index (χ2n) is 7.07. The summed E-state index contributed by atoms with van der Waals surface area (Å²) in [4.78, 5) is 12.3. The predicted molar refractivity (Wildman–Crippen MR) is 91.6 cm³/mol. The van der Waals surface area contributed by atoms with E-state index in [4.69, 9.17) is 0 Å². The largest absolute Gasteiger partial charge is 0.356 e. The van der Waals surface area contributed by atoms with Crippen molar-refractivity contribution in [2.45, 2.75) is 57.5 Å². The first-order valence-electron chi connectivity index (χ1n) is 8.76. The van der Waals surface area contributed by atoms with Crippen LogP contribution in [-0.2, 0) is 11.2 Å². The molecule has 2 aliphatic rings. The summed E-state index contributed by atoms with van der Waals surface area (Å²) in [7, 11) is 0. The molecule has 1 aromatic carbocycles. The molecule has 3 unspecified atom stereocenters. The van der Waals surface area contributed by atoms with Crippen molar-refractivity contribution < 1.29 is 4.79 Å². The molecular weight excluding hydrogens is 288 g/mol. The molecule has 0 radical (unpaired) electrons. The first kappa shape index (κ1) is 16.4. The van der Waals surface area contributed by atoms with Crippen molar-refractivity contribution in [1.29, 1.82) is 0 Å². The van der Waals surface area contributed by atoms with Crippen LogP contribution in [0.15, 0.2) is 24.3 Å². The van der Waals surface area contributed by atoms with Gasteiger partial charge in [-0.1, -0.05) is 38.1 Å². The second kappa shape index (κ2) is 7.43. The third kappa shape index (κ3) is 4.10. The average Bonchev–Trinajstić information content (AvgIpc) is 3.02. The number of carbonyl (C=O) groups excluding carboxylic acids is 1. The lowest BCUT2D eigenvalue weighted by Crippen LogP contribution is -2.44. The highest BCUT2D eigenvalue weighted by molar-refractivity contribution is 5.78. The van der Waals surface area contributed by atoms with Crippen LogP contribution in [0.5, 0.6) is 0 Å². The van der Waals surface area contributed by atoms with Crippen molar-refractivity contribution in [2.75, 3.05) is 6.54 Å². The normalized spacial score (nSPS) is 27.0. The smallest absolute Gasteiger partial charge is 0.223 e. The van der Waals surface area contributed by atoms with Crippen LogP contribution in [0, 0.1) is 5.92 Å². The maximum Gasteiger partial charge on any atom is 0.223 e. The molecule has 1 saturated heterocycles. The van der Waals surface area contributed by atoms with Gasteiger partial charge in [0.15, 0.2) is 0 Å². The third-order valence-electron chi connectivity index (χ3n) is 5.10. The molecule has 1 heterocycles. The first-order chi connectivity index (χ1) is 11.1. The topological polar surface area (TPSA) is 65.2 Å². The Kier molecular flexibility index (Phi) is 5.30. The highest BCUT2D eigenvalue weighted by atomic mass is 16.1. The van der Waals surface area contributed by atoms with E-state index in [9.17, 15) is 4.79 Å². The molecule has 0 bridgehead atoms. The summed E-state index contributed by atoms with van der Waals surface area (Å²) < 4.78 is 0. The van der Waals surface area contributed by atoms with E-state index < -0.39 is 0 Å². The van der Waals surface area contributed by atoms with E-state index in [1.807, 2.05) is 0 Å². The fraction of sp³-hybridized carbons (Fsp3) is 0.611. The molecule has 1 aliphatic carbocycles. The zero-order chi connectivity index (χ0) is 16.2. The van der Waals surface area contributed by atoms with Crippen molar-refractivity contribution in [1.82, 2.24) is 21.7 Å². The Bertz CT molecular complexity index is 528. The SMILES string of the molecule is CC(C)c1ccc(CCNC(=O)C2CCC3NNNC3C2)cc1. The Morgan fingerprint density at radius 1 is 1.17 bits per heavy atom. The Labute approximate surface area is 138 Å². The highest BCUT2D eigenvalue weighted by Crippen LogP contribution is 2.26. The first-order valence-corrected chi connectivity index (χ1v) is 8.76. The number of amides is 1. The van der Waals surface area contributed by atoms with Gasteiger partial charge in [-0.05, 0) is 42.7 Å². The molecule has 3 rings (SSSR count). The summed E-state index contributed by atoms with van der Waals surface area (Å²) in [6.07, 6.45) is 3.80. The average molecular weight is 316 g/mol. The minimum absolute atomic E-state index is 0.133. The number of hydrogen-bond donors (Lipinski definition) is 4. The van der Waals surface area contributed by atoms with Gasteiger partial charge in [-0.3, -0.25) is 4.79 Å². The molecular formula is C18H28N4O. The van der Waals surface area contributed by atoms with Crippen LogP contribution in [0.1, 0.15) is 50.2 Å². The number of hydrogen-bond acceptors (Lipinski definition) is 4. The lowest BCUT2D eigenvalue weighted by molar-refractivity contribution is -0.126. The van der Waals surface area contributed by atoms with Crippen LogP contribution in [0.4, 0.5) is 0 Å². The number of nitrogens with one attached hydrogen (secondary N) is 4. The fourth-order valence-corrected chi connectivity index (χ4v) is 3.51. The Morgan fingerprint density at radius 3 is 2.65 bits per heavy atom.